The van der Waals surface area contributed by atoms with Crippen molar-refractivity contribution in [3.8, 4) is 0 Å². The van der Waals surface area contributed by atoms with E-state index in [-0.39, 0.29) is 0 Å². The molecule has 0 aromatic carbocycles. The van der Waals surface area contributed by atoms with Crippen molar-refractivity contribution in [2.45, 2.75) is 51.5 Å². The van der Waals surface area contributed by atoms with Gasteiger partial charge in [0.25, 0.3) is 0 Å². The van der Waals surface area contributed by atoms with E-state index >= 15 is 0 Å². The van der Waals surface area contributed by atoms with Crippen LogP contribution in [0.15, 0.2) is 0 Å². The molecular formula is C12H23N. The van der Waals surface area contributed by atoms with Crippen molar-refractivity contribution >= 4 is 0 Å². The van der Waals surface area contributed by atoms with Crippen LogP contribution in [0.25, 0.3) is 0 Å². The Morgan fingerprint density at radius 1 is 1.31 bits per heavy atom. The van der Waals surface area contributed by atoms with Crippen molar-refractivity contribution in [2.24, 2.45) is 17.8 Å². The summed E-state index contributed by atoms with van der Waals surface area (Å²) in [6.07, 6.45) is 8.89. The second-order valence-electron chi connectivity index (χ2n) is 5.16. The lowest BCUT2D eigenvalue weighted by atomic mass is 9.95. The van der Waals surface area contributed by atoms with E-state index in [0.717, 1.165) is 23.8 Å². The first-order valence-electron chi connectivity index (χ1n) is 5.98. The van der Waals surface area contributed by atoms with E-state index in [1.165, 1.54) is 38.5 Å². The van der Waals surface area contributed by atoms with Crippen LogP contribution in [0.1, 0.15) is 45.4 Å². The number of nitrogens with one attached hydrogen (secondary N) is 1. The number of hydrogen-bond donors (Lipinski definition) is 1. The Balaban J connectivity index is 1.76. The molecule has 1 heteroatoms. The molecule has 1 N–H and O–H groups in total. The van der Waals surface area contributed by atoms with Gasteiger partial charge in [0.05, 0.1) is 0 Å². The molecule has 3 atom stereocenters. The molecule has 2 rings (SSSR count). The summed E-state index contributed by atoms with van der Waals surface area (Å²) in [7, 11) is 2.14. The van der Waals surface area contributed by atoms with Gasteiger partial charge in [-0.2, -0.15) is 0 Å². The van der Waals surface area contributed by atoms with Gasteiger partial charge < -0.3 is 5.32 Å². The Morgan fingerprint density at radius 3 is 2.38 bits per heavy atom. The molecule has 0 radical (unpaired) electrons. The largest absolute Gasteiger partial charge is 0.317 e. The predicted octanol–water partition coefficient (Wildman–Crippen LogP) is 2.81. The van der Waals surface area contributed by atoms with Crippen molar-refractivity contribution in [1.82, 2.24) is 5.32 Å². The van der Waals surface area contributed by atoms with Crippen LogP contribution in [0, 0.1) is 17.8 Å². The Bertz CT molecular complexity index is 161. The molecule has 2 aliphatic carbocycles. The molecule has 76 valence electrons. The summed E-state index contributed by atoms with van der Waals surface area (Å²) in [4.78, 5) is 0. The summed E-state index contributed by atoms with van der Waals surface area (Å²) >= 11 is 0. The Hall–Kier alpha value is -0.0400. The minimum absolute atomic E-state index is 0.832. The van der Waals surface area contributed by atoms with E-state index in [0.29, 0.717) is 0 Å². The molecule has 0 aromatic rings. The fourth-order valence-corrected chi connectivity index (χ4v) is 3.02. The summed E-state index contributed by atoms with van der Waals surface area (Å²) in [6, 6.07) is 0.832. The third-order valence-corrected chi connectivity index (χ3v) is 4.12. The summed E-state index contributed by atoms with van der Waals surface area (Å²) in [5.41, 5.74) is 0. The van der Waals surface area contributed by atoms with E-state index in [1.54, 1.807) is 0 Å². The van der Waals surface area contributed by atoms with Gasteiger partial charge in [0.1, 0.15) is 0 Å². The highest BCUT2D eigenvalue weighted by atomic mass is 14.9. The summed E-state index contributed by atoms with van der Waals surface area (Å²) in [5.74, 6) is 3.05. The lowest BCUT2D eigenvalue weighted by Gasteiger charge is -2.19. The molecule has 3 unspecified atom stereocenters. The highest BCUT2D eigenvalue weighted by molar-refractivity contribution is 4.93. The quantitative estimate of drug-likeness (QED) is 0.703. The van der Waals surface area contributed by atoms with Gasteiger partial charge in [0.15, 0.2) is 0 Å². The minimum atomic E-state index is 0.832. The van der Waals surface area contributed by atoms with Gasteiger partial charge in [0, 0.05) is 6.04 Å². The van der Waals surface area contributed by atoms with Crippen LogP contribution >= 0.6 is 0 Å². The SMILES string of the molecule is CNC(CC1CCCC1)C1CC1C. The van der Waals surface area contributed by atoms with E-state index in [2.05, 4.69) is 19.3 Å². The van der Waals surface area contributed by atoms with Gasteiger partial charge in [0.2, 0.25) is 0 Å². The standard InChI is InChI=1S/C12H23N/c1-9-7-11(9)12(13-2)8-10-5-3-4-6-10/h9-13H,3-8H2,1-2H3. The Kier molecular flexibility index (Phi) is 2.92. The fraction of sp³-hybridized carbons (Fsp3) is 1.00. The van der Waals surface area contributed by atoms with E-state index in [9.17, 15) is 0 Å². The summed E-state index contributed by atoms with van der Waals surface area (Å²) in [5, 5.41) is 3.52. The molecule has 13 heavy (non-hydrogen) atoms. The van der Waals surface area contributed by atoms with Crippen LogP contribution in [0.5, 0.6) is 0 Å². The zero-order valence-corrected chi connectivity index (χ0v) is 9.05. The second-order valence-corrected chi connectivity index (χ2v) is 5.16. The first-order chi connectivity index (χ1) is 6.31. The topological polar surface area (TPSA) is 12.0 Å². The zero-order chi connectivity index (χ0) is 9.26. The van der Waals surface area contributed by atoms with E-state index in [1.807, 2.05) is 0 Å². The lowest BCUT2D eigenvalue weighted by molar-refractivity contribution is 0.366. The molecule has 0 aromatic heterocycles. The van der Waals surface area contributed by atoms with Crippen molar-refractivity contribution in [3.05, 3.63) is 0 Å². The highest BCUT2D eigenvalue weighted by Crippen LogP contribution is 2.43. The van der Waals surface area contributed by atoms with E-state index < -0.39 is 0 Å². The van der Waals surface area contributed by atoms with Crippen LogP contribution in [0.4, 0.5) is 0 Å². The van der Waals surface area contributed by atoms with Crippen molar-refractivity contribution in [3.63, 3.8) is 0 Å². The molecule has 2 saturated carbocycles. The first-order valence-corrected chi connectivity index (χ1v) is 5.98. The number of hydrogen-bond acceptors (Lipinski definition) is 1. The molecule has 2 aliphatic rings. The van der Waals surface area contributed by atoms with Crippen LogP contribution in [-0.4, -0.2) is 13.1 Å². The van der Waals surface area contributed by atoms with Gasteiger partial charge >= 0.3 is 0 Å². The van der Waals surface area contributed by atoms with Crippen molar-refractivity contribution in [2.75, 3.05) is 7.05 Å². The predicted molar refractivity (Wildman–Crippen MR) is 56.7 cm³/mol. The summed E-state index contributed by atoms with van der Waals surface area (Å²) < 4.78 is 0. The maximum atomic E-state index is 3.52. The molecular weight excluding hydrogens is 158 g/mol. The van der Waals surface area contributed by atoms with Gasteiger partial charge in [-0.3, -0.25) is 0 Å². The van der Waals surface area contributed by atoms with Gasteiger partial charge in [-0.15, -0.1) is 0 Å². The molecule has 1 nitrogen and oxygen atoms in total. The van der Waals surface area contributed by atoms with Crippen LogP contribution in [-0.2, 0) is 0 Å². The van der Waals surface area contributed by atoms with E-state index in [4.69, 9.17) is 0 Å². The molecule has 2 fully saturated rings. The van der Waals surface area contributed by atoms with Crippen molar-refractivity contribution < 1.29 is 0 Å². The van der Waals surface area contributed by atoms with Crippen LogP contribution < -0.4 is 5.32 Å². The molecule has 0 saturated heterocycles. The second kappa shape index (κ2) is 4.00. The van der Waals surface area contributed by atoms with Gasteiger partial charge in [-0.05, 0) is 37.6 Å². The maximum Gasteiger partial charge on any atom is 0.00976 e. The fourth-order valence-electron chi connectivity index (χ4n) is 3.02. The van der Waals surface area contributed by atoms with Crippen LogP contribution in [0.3, 0.4) is 0 Å². The summed E-state index contributed by atoms with van der Waals surface area (Å²) in [6.45, 7) is 2.39. The molecule has 0 bridgehead atoms. The molecule has 0 heterocycles. The smallest absolute Gasteiger partial charge is 0.00976 e. The first kappa shape index (κ1) is 9.51. The normalized spacial score (nSPS) is 36.5. The molecule has 0 amide bonds. The number of rotatable bonds is 4. The average molecular weight is 181 g/mol. The van der Waals surface area contributed by atoms with Crippen LogP contribution in [0.2, 0.25) is 0 Å². The Labute approximate surface area is 82.3 Å². The average Bonchev–Trinajstić information content (AvgIpc) is 2.68. The monoisotopic (exact) mass is 181 g/mol. The highest BCUT2D eigenvalue weighted by Gasteiger charge is 2.39. The van der Waals surface area contributed by atoms with Gasteiger partial charge in [-0.1, -0.05) is 32.6 Å². The maximum absolute atomic E-state index is 3.52. The van der Waals surface area contributed by atoms with Crippen molar-refractivity contribution in [1.29, 1.82) is 0 Å². The molecule has 0 spiro atoms. The lowest BCUT2D eigenvalue weighted by Crippen LogP contribution is -2.30. The molecule has 0 aliphatic heterocycles. The zero-order valence-electron chi connectivity index (χ0n) is 9.05. The third-order valence-electron chi connectivity index (χ3n) is 4.12. The Morgan fingerprint density at radius 2 is 1.92 bits per heavy atom. The van der Waals surface area contributed by atoms with Gasteiger partial charge in [-0.25, -0.2) is 0 Å². The third kappa shape index (κ3) is 2.25. The minimum Gasteiger partial charge on any atom is -0.317 e.